The largest absolute Gasteiger partial charge is 0.381 e. The fourth-order valence-corrected chi connectivity index (χ4v) is 8.63. The summed E-state index contributed by atoms with van der Waals surface area (Å²) in [4.78, 5) is 29.6. The molecule has 296 valence electrons. The number of halogens is 1. The molecule has 1 amide bonds. The van der Waals surface area contributed by atoms with Crippen molar-refractivity contribution in [2.75, 3.05) is 56.2 Å². The van der Waals surface area contributed by atoms with Crippen LogP contribution >= 0.6 is 11.6 Å². The van der Waals surface area contributed by atoms with Crippen molar-refractivity contribution in [2.45, 2.75) is 37.1 Å². The Bertz CT molecular complexity index is 2290. The molecular formula is C44H46ClN5O6S. The number of nitro benzene ring substituents is 1. The molecule has 0 atom stereocenters. The molecule has 5 aromatic carbocycles. The summed E-state index contributed by atoms with van der Waals surface area (Å²) in [6.45, 7) is 5.82. The first kappa shape index (κ1) is 39.9. The number of sulfonamides is 1. The molecule has 2 N–H and O–H groups in total. The van der Waals surface area contributed by atoms with Crippen LogP contribution in [0.15, 0.2) is 120 Å². The van der Waals surface area contributed by atoms with E-state index in [4.69, 9.17) is 16.3 Å². The summed E-state index contributed by atoms with van der Waals surface area (Å²) in [5.74, 6) is -0.499. The number of anilines is 2. The first-order valence-electron chi connectivity index (χ1n) is 19.3. The first-order chi connectivity index (χ1) is 27.6. The molecule has 0 radical (unpaired) electrons. The Morgan fingerprint density at radius 1 is 0.825 bits per heavy atom. The SMILES string of the molecule is O=C(NS(=O)(=O)c1ccc(NCC2CCOCC2)c([N+](=O)[O-])c1)c1ccc(N2CCN(Cc3ccccc3-c3ccc(Cl)cc3)CC2)cc1CCc1ccccc1. The highest BCUT2D eigenvalue weighted by atomic mass is 35.5. The highest BCUT2D eigenvalue weighted by molar-refractivity contribution is 7.90. The van der Waals surface area contributed by atoms with E-state index in [1.807, 2.05) is 66.7 Å². The third-order valence-electron chi connectivity index (χ3n) is 10.8. The number of rotatable bonds is 14. The van der Waals surface area contributed by atoms with Gasteiger partial charge in [0.1, 0.15) is 5.69 Å². The molecular weight excluding hydrogens is 762 g/mol. The normalized spacial score (nSPS) is 15.3. The van der Waals surface area contributed by atoms with Crippen LogP contribution in [0.4, 0.5) is 17.1 Å². The van der Waals surface area contributed by atoms with Crippen LogP contribution in [0.1, 0.15) is 39.9 Å². The van der Waals surface area contributed by atoms with Crippen molar-refractivity contribution in [3.05, 3.63) is 153 Å². The Morgan fingerprint density at radius 2 is 1.54 bits per heavy atom. The van der Waals surface area contributed by atoms with Crippen LogP contribution in [0.2, 0.25) is 5.02 Å². The maximum Gasteiger partial charge on any atom is 0.293 e. The van der Waals surface area contributed by atoms with Gasteiger partial charge >= 0.3 is 0 Å². The molecule has 2 aliphatic heterocycles. The lowest BCUT2D eigenvalue weighted by Gasteiger charge is -2.36. The van der Waals surface area contributed by atoms with Crippen molar-refractivity contribution in [3.8, 4) is 11.1 Å². The lowest BCUT2D eigenvalue weighted by molar-refractivity contribution is -0.384. The van der Waals surface area contributed by atoms with Crippen LogP contribution in [0.3, 0.4) is 0 Å². The second-order valence-corrected chi connectivity index (χ2v) is 16.7. The summed E-state index contributed by atoms with van der Waals surface area (Å²) < 4.78 is 34.8. The van der Waals surface area contributed by atoms with Gasteiger partial charge < -0.3 is 15.0 Å². The monoisotopic (exact) mass is 807 g/mol. The number of nitrogens with zero attached hydrogens (tertiary/aromatic N) is 3. The van der Waals surface area contributed by atoms with Gasteiger partial charge in [-0.1, -0.05) is 78.3 Å². The van der Waals surface area contributed by atoms with E-state index in [9.17, 15) is 23.3 Å². The minimum Gasteiger partial charge on any atom is -0.381 e. The van der Waals surface area contributed by atoms with Crippen LogP contribution in [0, 0.1) is 16.0 Å². The van der Waals surface area contributed by atoms with Gasteiger partial charge in [0.15, 0.2) is 0 Å². The highest BCUT2D eigenvalue weighted by Gasteiger charge is 2.26. The molecule has 2 saturated heterocycles. The molecule has 0 bridgehead atoms. The van der Waals surface area contributed by atoms with Crippen molar-refractivity contribution >= 4 is 44.6 Å². The lowest BCUT2D eigenvalue weighted by Crippen LogP contribution is -2.46. The smallest absolute Gasteiger partial charge is 0.293 e. The maximum atomic E-state index is 13.8. The molecule has 2 heterocycles. The van der Waals surface area contributed by atoms with E-state index in [2.05, 4.69) is 44.1 Å². The average molecular weight is 808 g/mol. The zero-order valence-electron chi connectivity index (χ0n) is 31.6. The van der Waals surface area contributed by atoms with Crippen molar-refractivity contribution in [2.24, 2.45) is 5.92 Å². The zero-order valence-corrected chi connectivity index (χ0v) is 33.2. The van der Waals surface area contributed by atoms with E-state index in [0.717, 1.165) is 68.4 Å². The van der Waals surface area contributed by atoms with Crippen molar-refractivity contribution in [1.29, 1.82) is 0 Å². The Morgan fingerprint density at radius 3 is 2.28 bits per heavy atom. The number of amides is 1. The number of aryl methyl sites for hydroxylation is 2. The van der Waals surface area contributed by atoms with E-state index in [0.29, 0.717) is 49.1 Å². The number of ether oxygens (including phenoxy) is 1. The van der Waals surface area contributed by atoms with Gasteiger partial charge in [-0.2, -0.15) is 0 Å². The number of piperazine rings is 1. The molecule has 0 aromatic heterocycles. The first-order valence-corrected chi connectivity index (χ1v) is 21.1. The zero-order chi connectivity index (χ0) is 39.8. The van der Waals surface area contributed by atoms with Crippen molar-refractivity contribution in [3.63, 3.8) is 0 Å². The van der Waals surface area contributed by atoms with E-state index in [-0.39, 0.29) is 21.8 Å². The van der Waals surface area contributed by atoms with Gasteiger partial charge in [-0.05, 0) is 102 Å². The minimum absolute atomic E-state index is 0.221. The second kappa shape index (κ2) is 18.3. The topological polar surface area (TPSA) is 134 Å². The minimum atomic E-state index is -4.46. The summed E-state index contributed by atoms with van der Waals surface area (Å²) >= 11 is 6.15. The molecule has 0 aliphatic carbocycles. The van der Waals surface area contributed by atoms with Gasteiger partial charge in [0, 0.05) is 74.8 Å². The quantitative estimate of drug-likeness (QED) is 0.0847. The fraction of sp³-hybridized carbons (Fsp3) is 0.295. The third-order valence-corrected chi connectivity index (χ3v) is 12.4. The van der Waals surface area contributed by atoms with E-state index in [1.165, 1.54) is 23.3 Å². The number of hydrogen-bond acceptors (Lipinski definition) is 9. The molecule has 13 heteroatoms. The number of nitro groups is 1. The second-order valence-electron chi connectivity index (χ2n) is 14.6. The summed E-state index contributed by atoms with van der Waals surface area (Å²) in [6.07, 6.45) is 2.83. The molecule has 11 nitrogen and oxygen atoms in total. The van der Waals surface area contributed by atoms with Crippen LogP contribution in [-0.4, -0.2) is 70.1 Å². The molecule has 57 heavy (non-hydrogen) atoms. The molecule has 0 unspecified atom stereocenters. The van der Waals surface area contributed by atoms with Gasteiger partial charge in [-0.15, -0.1) is 0 Å². The number of hydrogen-bond donors (Lipinski definition) is 2. The molecule has 0 saturated carbocycles. The fourth-order valence-electron chi connectivity index (χ4n) is 7.52. The Kier molecular flexibility index (Phi) is 12.8. The van der Waals surface area contributed by atoms with Gasteiger partial charge in [0.2, 0.25) is 0 Å². The van der Waals surface area contributed by atoms with Crippen LogP contribution in [0.25, 0.3) is 11.1 Å². The highest BCUT2D eigenvalue weighted by Crippen LogP contribution is 2.30. The van der Waals surface area contributed by atoms with Crippen LogP contribution in [0.5, 0.6) is 0 Å². The van der Waals surface area contributed by atoms with Crippen LogP contribution < -0.4 is 14.9 Å². The number of benzene rings is 5. The van der Waals surface area contributed by atoms with Gasteiger partial charge in [0.05, 0.1) is 9.82 Å². The van der Waals surface area contributed by atoms with E-state index < -0.39 is 20.9 Å². The predicted octanol–water partition coefficient (Wildman–Crippen LogP) is 7.98. The maximum absolute atomic E-state index is 13.8. The predicted molar refractivity (Wildman–Crippen MR) is 224 cm³/mol. The Hall–Kier alpha value is -5.27. The average Bonchev–Trinajstić information content (AvgIpc) is 3.23. The Balaban J connectivity index is 1.06. The molecule has 0 spiro atoms. The number of nitrogens with one attached hydrogen (secondary N) is 2. The van der Waals surface area contributed by atoms with Crippen molar-refractivity contribution in [1.82, 2.24) is 9.62 Å². The third kappa shape index (κ3) is 10.2. The van der Waals surface area contributed by atoms with E-state index in [1.54, 1.807) is 6.07 Å². The number of carbonyl (C=O) groups is 1. The number of carbonyl (C=O) groups excluding carboxylic acids is 1. The van der Waals surface area contributed by atoms with Crippen LogP contribution in [-0.2, 0) is 34.1 Å². The van der Waals surface area contributed by atoms with Gasteiger partial charge in [0.25, 0.3) is 21.6 Å². The Labute approximate surface area is 338 Å². The summed E-state index contributed by atoms with van der Waals surface area (Å²) in [6, 6.07) is 35.5. The summed E-state index contributed by atoms with van der Waals surface area (Å²) in [5.41, 5.74) is 6.39. The molecule has 7 rings (SSSR count). The van der Waals surface area contributed by atoms with Gasteiger partial charge in [-0.25, -0.2) is 13.1 Å². The molecule has 5 aromatic rings. The van der Waals surface area contributed by atoms with E-state index >= 15 is 0 Å². The lowest BCUT2D eigenvalue weighted by atomic mass is 9.98. The molecule has 2 fully saturated rings. The molecule has 2 aliphatic rings. The summed E-state index contributed by atoms with van der Waals surface area (Å²) in [5, 5.41) is 15.8. The van der Waals surface area contributed by atoms with Gasteiger partial charge in [-0.3, -0.25) is 19.8 Å². The standard InChI is InChI=1S/C44H46ClN5O6S/c45-37-14-12-34(13-15-37)40-9-5-4-8-36(40)31-48-22-24-49(25-23-48)38-16-18-41(35(28-38)11-10-32-6-2-1-3-7-32)44(51)47-57(54,55)39-17-19-42(43(29-39)50(52)53)46-30-33-20-26-56-27-21-33/h1-9,12-19,28-29,33,46H,10-11,20-27,30-31H2,(H,47,51). The summed E-state index contributed by atoms with van der Waals surface area (Å²) in [7, 11) is -4.46. The van der Waals surface area contributed by atoms with Crippen molar-refractivity contribution < 1.29 is 22.9 Å².